The number of carbonyl (C=O) groups excluding carboxylic acids is 1. The van der Waals surface area contributed by atoms with Crippen molar-refractivity contribution in [3.63, 3.8) is 0 Å². The summed E-state index contributed by atoms with van der Waals surface area (Å²) >= 11 is 0. The van der Waals surface area contributed by atoms with Gasteiger partial charge >= 0.3 is 0 Å². The smallest absolute Gasteiger partial charge is 0.254 e. The van der Waals surface area contributed by atoms with Crippen molar-refractivity contribution < 1.29 is 4.79 Å². The van der Waals surface area contributed by atoms with E-state index >= 15 is 0 Å². The zero-order valence-electron chi connectivity index (χ0n) is 15.2. The van der Waals surface area contributed by atoms with E-state index < -0.39 is 0 Å². The Kier molecular flexibility index (Phi) is 5.24. The summed E-state index contributed by atoms with van der Waals surface area (Å²) in [6, 6.07) is 20.7. The Morgan fingerprint density at radius 2 is 1.41 bits per heavy atom. The standard InChI is InChI=1S/C23H23N3O/c27-23(20-15-24-22(25-16-20)19-9-5-2-6-10-19)26-21-13-11-18(12-14-21)17-7-3-1-4-8-17/h1-10,15-16,18,21H,11-14H2,(H,26,27). The van der Waals surface area contributed by atoms with Crippen LogP contribution in [0.4, 0.5) is 0 Å². The molecule has 1 fully saturated rings. The molecular formula is C23H23N3O. The molecule has 1 saturated carbocycles. The van der Waals surface area contributed by atoms with Gasteiger partial charge < -0.3 is 5.32 Å². The Morgan fingerprint density at radius 3 is 2.04 bits per heavy atom. The lowest BCUT2D eigenvalue weighted by molar-refractivity contribution is 0.0925. The number of rotatable bonds is 4. The van der Waals surface area contributed by atoms with Gasteiger partial charge in [-0.1, -0.05) is 60.7 Å². The molecule has 1 heterocycles. The van der Waals surface area contributed by atoms with Gasteiger partial charge in [-0.2, -0.15) is 0 Å². The first-order chi connectivity index (χ1) is 13.3. The Labute approximate surface area is 159 Å². The summed E-state index contributed by atoms with van der Waals surface area (Å²) in [5.74, 6) is 1.15. The molecule has 4 nitrogen and oxygen atoms in total. The van der Waals surface area contributed by atoms with Crippen LogP contribution in [0.3, 0.4) is 0 Å². The van der Waals surface area contributed by atoms with Crippen LogP contribution in [-0.4, -0.2) is 21.9 Å². The van der Waals surface area contributed by atoms with Gasteiger partial charge in [0.05, 0.1) is 5.56 Å². The Balaban J connectivity index is 1.33. The lowest BCUT2D eigenvalue weighted by atomic mass is 9.82. The normalized spacial score (nSPS) is 19.4. The number of nitrogens with zero attached hydrogens (tertiary/aromatic N) is 2. The maximum Gasteiger partial charge on any atom is 0.254 e. The molecule has 0 aliphatic heterocycles. The fourth-order valence-corrected chi connectivity index (χ4v) is 3.75. The minimum Gasteiger partial charge on any atom is -0.349 e. The van der Waals surface area contributed by atoms with Crippen molar-refractivity contribution in [1.82, 2.24) is 15.3 Å². The molecule has 1 aliphatic carbocycles. The average molecular weight is 357 g/mol. The molecule has 4 heteroatoms. The highest BCUT2D eigenvalue weighted by atomic mass is 16.1. The van der Waals surface area contributed by atoms with Crippen LogP contribution in [0, 0.1) is 0 Å². The van der Waals surface area contributed by atoms with E-state index in [1.807, 2.05) is 30.3 Å². The van der Waals surface area contributed by atoms with Gasteiger partial charge in [-0.05, 0) is 37.2 Å². The summed E-state index contributed by atoms with van der Waals surface area (Å²) in [7, 11) is 0. The van der Waals surface area contributed by atoms with Crippen molar-refractivity contribution in [3.05, 3.63) is 84.2 Å². The number of carbonyl (C=O) groups is 1. The molecule has 1 amide bonds. The van der Waals surface area contributed by atoms with Crippen LogP contribution < -0.4 is 5.32 Å². The summed E-state index contributed by atoms with van der Waals surface area (Å²) in [5.41, 5.74) is 2.87. The third-order valence-electron chi connectivity index (χ3n) is 5.28. The molecule has 0 unspecified atom stereocenters. The molecule has 27 heavy (non-hydrogen) atoms. The molecule has 0 saturated heterocycles. The first-order valence-electron chi connectivity index (χ1n) is 9.53. The van der Waals surface area contributed by atoms with E-state index in [9.17, 15) is 4.79 Å². The minimum absolute atomic E-state index is 0.0854. The predicted molar refractivity (Wildman–Crippen MR) is 106 cm³/mol. The third-order valence-corrected chi connectivity index (χ3v) is 5.28. The van der Waals surface area contributed by atoms with Crippen molar-refractivity contribution in [2.24, 2.45) is 0 Å². The summed E-state index contributed by atoms with van der Waals surface area (Å²) in [4.78, 5) is 21.2. The second-order valence-electron chi connectivity index (χ2n) is 7.09. The zero-order valence-corrected chi connectivity index (χ0v) is 15.2. The molecule has 1 N–H and O–H groups in total. The monoisotopic (exact) mass is 357 g/mol. The SMILES string of the molecule is O=C(NC1CCC(c2ccccc2)CC1)c1cnc(-c2ccccc2)nc1. The van der Waals surface area contributed by atoms with E-state index in [0.29, 0.717) is 17.3 Å². The van der Waals surface area contributed by atoms with Crippen LogP contribution in [0.2, 0.25) is 0 Å². The minimum atomic E-state index is -0.0854. The van der Waals surface area contributed by atoms with Gasteiger partial charge in [-0.3, -0.25) is 4.79 Å². The van der Waals surface area contributed by atoms with Crippen molar-refractivity contribution in [1.29, 1.82) is 0 Å². The lowest BCUT2D eigenvalue weighted by Gasteiger charge is -2.29. The van der Waals surface area contributed by atoms with E-state index in [-0.39, 0.29) is 11.9 Å². The van der Waals surface area contributed by atoms with E-state index in [2.05, 4.69) is 45.6 Å². The molecule has 0 radical (unpaired) electrons. The van der Waals surface area contributed by atoms with E-state index in [1.165, 1.54) is 5.56 Å². The molecule has 0 spiro atoms. The number of hydrogen-bond acceptors (Lipinski definition) is 3. The highest BCUT2D eigenvalue weighted by Crippen LogP contribution is 2.32. The Hall–Kier alpha value is -3.01. The molecule has 0 atom stereocenters. The predicted octanol–water partition coefficient (Wildman–Crippen LogP) is 4.60. The summed E-state index contributed by atoms with van der Waals surface area (Å²) < 4.78 is 0. The molecule has 2 aromatic carbocycles. The number of nitrogens with one attached hydrogen (secondary N) is 1. The van der Waals surface area contributed by atoms with Crippen LogP contribution in [-0.2, 0) is 0 Å². The van der Waals surface area contributed by atoms with Crippen molar-refractivity contribution in [2.75, 3.05) is 0 Å². The van der Waals surface area contributed by atoms with E-state index in [0.717, 1.165) is 31.2 Å². The molecule has 1 aliphatic rings. The molecular weight excluding hydrogens is 334 g/mol. The highest BCUT2D eigenvalue weighted by Gasteiger charge is 2.23. The van der Waals surface area contributed by atoms with E-state index in [4.69, 9.17) is 0 Å². The lowest BCUT2D eigenvalue weighted by Crippen LogP contribution is -2.37. The van der Waals surface area contributed by atoms with Gasteiger partial charge in [0.2, 0.25) is 0 Å². The first kappa shape index (κ1) is 17.4. The van der Waals surface area contributed by atoms with Gasteiger partial charge in [0.1, 0.15) is 0 Å². The molecule has 1 aromatic heterocycles. The first-order valence-corrected chi connectivity index (χ1v) is 9.53. The fourth-order valence-electron chi connectivity index (χ4n) is 3.75. The summed E-state index contributed by atoms with van der Waals surface area (Å²) in [6.45, 7) is 0. The van der Waals surface area contributed by atoms with Crippen molar-refractivity contribution in [2.45, 2.75) is 37.6 Å². The number of aromatic nitrogens is 2. The van der Waals surface area contributed by atoms with E-state index in [1.54, 1.807) is 12.4 Å². The summed E-state index contributed by atoms with van der Waals surface area (Å²) in [6.07, 6.45) is 7.46. The number of hydrogen-bond donors (Lipinski definition) is 1. The molecule has 136 valence electrons. The van der Waals surface area contributed by atoms with Crippen molar-refractivity contribution >= 4 is 5.91 Å². The second-order valence-corrected chi connectivity index (χ2v) is 7.09. The summed E-state index contributed by atoms with van der Waals surface area (Å²) in [5, 5.41) is 3.15. The topological polar surface area (TPSA) is 54.9 Å². The fraction of sp³-hybridized carbons (Fsp3) is 0.261. The van der Waals surface area contributed by atoms with Gasteiger partial charge in [-0.25, -0.2) is 9.97 Å². The number of benzene rings is 2. The van der Waals surface area contributed by atoms with Gasteiger partial charge in [0, 0.05) is 24.0 Å². The molecule has 0 bridgehead atoms. The van der Waals surface area contributed by atoms with Crippen molar-refractivity contribution in [3.8, 4) is 11.4 Å². The largest absolute Gasteiger partial charge is 0.349 e. The van der Waals surface area contributed by atoms with Gasteiger partial charge in [0.25, 0.3) is 5.91 Å². The van der Waals surface area contributed by atoms with Crippen LogP contribution in [0.15, 0.2) is 73.1 Å². The Morgan fingerprint density at radius 1 is 0.815 bits per heavy atom. The second kappa shape index (κ2) is 8.12. The average Bonchev–Trinajstić information content (AvgIpc) is 2.76. The maximum absolute atomic E-state index is 12.5. The maximum atomic E-state index is 12.5. The molecule has 3 aromatic rings. The van der Waals surface area contributed by atoms with Crippen LogP contribution >= 0.6 is 0 Å². The quantitative estimate of drug-likeness (QED) is 0.742. The van der Waals surface area contributed by atoms with Gasteiger partial charge in [0.15, 0.2) is 5.82 Å². The van der Waals surface area contributed by atoms with Crippen LogP contribution in [0.1, 0.15) is 47.5 Å². The Bertz CT molecular complexity index is 871. The van der Waals surface area contributed by atoms with Gasteiger partial charge in [-0.15, -0.1) is 0 Å². The van der Waals surface area contributed by atoms with Crippen LogP contribution in [0.25, 0.3) is 11.4 Å². The third kappa shape index (κ3) is 4.22. The van der Waals surface area contributed by atoms with Crippen LogP contribution in [0.5, 0.6) is 0 Å². The number of amides is 1. The molecule has 4 rings (SSSR count). The zero-order chi connectivity index (χ0) is 18.5. The highest BCUT2D eigenvalue weighted by molar-refractivity contribution is 5.93.